The summed E-state index contributed by atoms with van der Waals surface area (Å²) in [5.74, 6) is -1.58. The molecule has 6 nitrogen and oxygen atoms in total. The molecule has 2 atom stereocenters. The van der Waals surface area contributed by atoms with E-state index in [0.29, 0.717) is 13.2 Å². The molecular formula is C16H28O6S. The Labute approximate surface area is 138 Å². The fourth-order valence-corrected chi connectivity index (χ4v) is 4.87. The molecule has 0 amide bonds. The van der Waals surface area contributed by atoms with E-state index in [2.05, 4.69) is 0 Å². The zero-order chi connectivity index (χ0) is 17.3. The van der Waals surface area contributed by atoms with Crippen molar-refractivity contribution in [3.05, 3.63) is 0 Å². The van der Waals surface area contributed by atoms with Crippen LogP contribution in [0.3, 0.4) is 0 Å². The highest BCUT2D eigenvalue weighted by atomic mass is 32.2. The van der Waals surface area contributed by atoms with Gasteiger partial charge in [0.05, 0.1) is 24.7 Å². The van der Waals surface area contributed by atoms with Crippen LogP contribution in [0.25, 0.3) is 0 Å². The van der Waals surface area contributed by atoms with Gasteiger partial charge < -0.3 is 9.47 Å². The molecule has 7 heteroatoms. The van der Waals surface area contributed by atoms with E-state index in [0.717, 1.165) is 25.7 Å². The lowest BCUT2D eigenvalue weighted by molar-refractivity contribution is -0.148. The summed E-state index contributed by atoms with van der Waals surface area (Å²) in [5.41, 5.74) is 0. The normalized spacial score (nSPS) is 22.7. The summed E-state index contributed by atoms with van der Waals surface area (Å²) in [6.07, 6.45) is 3.55. The zero-order valence-electron chi connectivity index (χ0n) is 14.1. The highest BCUT2D eigenvalue weighted by Crippen LogP contribution is 2.31. The number of hydrogen-bond acceptors (Lipinski definition) is 6. The van der Waals surface area contributed by atoms with E-state index < -0.39 is 9.84 Å². The maximum absolute atomic E-state index is 11.8. The monoisotopic (exact) mass is 348 g/mol. The lowest BCUT2D eigenvalue weighted by atomic mass is 9.90. The number of unbranched alkanes of at least 4 members (excludes halogenated alkanes) is 2. The van der Waals surface area contributed by atoms with Crippen LogP contribution in [0.15, 0.2) is 0 Å². The maximum Gasteiger partial charge on any atom is 0.306 e. The first-order valence-electron chi connectivity index (χ1n) is 8.39. The van der Waals surface area contributed by atoms with Crippen LogP contribution in [0.1, 0.15) is 52.4 Å². The third-order valence-electron chi connectivity index (χ3n) is 3.98. The van der Waals surface area contributed by atoms with Crippen molar-refractivity contribution in [1.82, 2.24) is 0 Å². The van der Waals surface area contributed by atoms with Crippen LogP contribution in [0.2, 0.25) is 0 Å². The molecule has 1 rings (SSSR count). The summed E-state index contributed by atoms with van der Waals surface area (Å²) in [6.45, 7) is 4.71. The van der Waals surface area contributed by atoms with Gasteiger partial charge in [-0.15, -0.1) is 0 Å². The third kappa shape index (κ3) is 7.81. The number of carbonyl (C=O) groups is 2. The molecule has 134 valence electrons. The van der Waals surface area contributed by atoms with Gasteiger partial charge in [-0.2, -0.15) is 0 Å². The van der Waals surface area contributed by atoms with Crippen LogP contribution in [-0.4, -0.2) is 45.1 Å². The van der Waals surface area contributed by atoms with Gasteiger partial charge in [-0.3, -0.25) is 9.59 Å². The Morgan fingerprint density at radius 1 is 0.870 bits per heavy atom. The first-order chi connectivity index (χ1) is 10.9. The minimum atomic E-state index is -3.20. The summed E-state index contributed by atoms with van der Waals surface area (Å²) < 4.78 is 33.9. The highest BCUT2D eigenvalue weighted by molar-refractivity contribution is 7.91. The lowest BCUT2D eigenvalue weighted by Gasteiger charge is -2.16. The van der Waals surface area contributed by atoms with E-state index in [1.54, 1.807) is 0 Å². The van der Waals surface area contributed by atoms with Crippen molar-refractivity contribution in [3.63, 3.8) is 0 Å². The predicted molar refractivity (Wildman–Crippen MR) is 86.6 cm³/mol. The minimum absolute atomic E-state index is 0.0514. The van der Waals surface area contributed by atoms with Crippen LogP contribution in [0, 0.1) is 11.8 Å². The van der Waals surface area contributed by atoms with Crippen LogP contribution < -0.4 is 0 Å². The van der Waals surface area contributed by atoms with Gasteiger partial charge in [0.15, 0.2) is 9.84 Å². The molecule has 23 heavy (non-hydrogen) atoms. The van der Waals surface area contributed by atoms with Gasteiger partial charge in [0.25, 0.3) is 0 Å². The maximum atomic E-state index is 11.8. The van der Waals surface area contributed by atoms with Crippen molar-refractivity contribution in [1.29, 1.82) is 0 Å². The molecule has 0 radical (unpaired) electrons. The van der Waals surface area contributed by atoms with Crippen molar-refractivity contribution in [2.45, 2.75) is 52.4 Å². The Hall–Kier alpha value is -1.11. The second-order valence-corrected chi connectivity index (χ2v) is 8.31. The van der Waals surface area contributed by atoms with Gasteiger partial charge in [0, 0.05) is 12.8 Å². The van der Waals surface area contributed by atoms with Crippen LogP contribution in [0.4, 0.5) is 0 Å². The number of rotatable bonds is 10. The van der Waals surface area contributed by atoms with Crippen molar-refractivity contribution in [2.75, 3.05) is 24.7 Å². The molecule has 0 N–H and O–H groups in total. The van der Waals surface area contributed by atoms with E-state index in [-0.39, 0.29) is 48.1 Å². The molecular weight excluding hydrogens is 320 g/mol. The second-order valence-electron chi connectivity index (χ2n) is 6.15. The molecule has 0 bridgehead atoms. The summed E-state index contributed by atoms with van der Waals surface area (Å²) in [5, 5.41) is 0. The number of esters is 2. The number of ether oxygens (including phenoxy) is 2. The van der Waals surface area contributed by atoms with Crippen LogP contribution in [-0.2, 0) is 28.9 Å². The van der Waals surface area contributed by atoms with Crippen molar-refractivity contribution in [3.8, 4) is 0 Å². The number of carbonyl (C=O) groups excluding carboxylic acids is 2. The Morgan fingerprint density at radius 3 is 1.61 bits per heavy atom. The van der Waals surface area contributed by atoms with Gasteiger partial charge in [-0.25, -0.2) is 8.42 Å². The van der Waals surface area contributed by atoms with Crippen LogP contribution >= 0.6 is 0 Å². The van der Waals surface area contributed by atoms with Gasteiger partial charge in [-0.05, 0) is 24.7 Å². The van der Waals surface area contributed by atoms with E-state index in [1.807, 2.05) is 13.8 Å². The molecule has 0 aromatic carbocycles. The Balaban J connectivity index is 2.50. The quantitative estimate of drug-likeness (QED) is 0.444. The van der Waals surface area contributed by atoms with Gasteiger partial charge in [-0.1, -0.05) is 26.7 Å². The van der Waals surface area contributed by atoms with E-state index in [4.69, 9.17) is 9.47 Å². The zero-order valence-corrected chi connectivity index (χ0v) is 14.9. The molecule has 1 heterocycles. The molecule has 1 aliphatic rings. The summed E-state index contributed by atoms with van der Waals surface area (Å²) in [6, 6.07) is 0. The number of sulfone groups is 1. The van der Waals surface area contributed by atoms with Gasteiger partial charge >= 0.3 is 11.9 Å². The summed E-state index contributed by atoms with van der Waals surface area (Å²) >= 11 is 0. The first kappa shape index (κ1) is 19.9. The second kappa shape index (κ2) is 9.90. The smallest absolute Gasteiger partial charge is 0.306 e. The molecule has 0 spiro atoms. The Kier molecular flexibility index (Phi) is 8.58. The van der Waals surface area contributed by atoms with Crippen molar-refractivity contribution >= 4 is 21.8 Å². The fraction of sp³-hybridized carbons (Fsp3) is 0.875. The number of hydrogen-bond donors (Lipinski definition) is 0. The summed E-state index contributed by atoms with van der Waals surface area (Å²) in [7, 11) is -3.20. The van der Waals surface area contributed by atoms with Gasteiger partial charge in [0.1, 0.15) is 0 Å². The van der Waals surface area contributed by atoms with Crippen molar-refractivity contribution in [2.24, 2.45) is 11.8 Å². The first-order valence-corrected chi connectivity index (χ1v) is 10.2. The van der Waals surface area contributed by atoms with Crippen LogP contribution in [0.5, 0.6) is 0 Å². The molecule has 0 aromatic rings. The van der Waals surface area contributed by atoms with E-state index >= 15 is 0 Å². The largest absolute Gasteiger partial charge is 0.466 e. The molecule has 1 saturated heterocycles. The van der Waals surface area contributed by atoms with Crippen molar-refractivity contribution < 1.29 is 27.5 Å². The molecule has 0 aromatic heterocycles. The molecule has 0 unspecified atom stereocenters. The Morgan fingerprint density at radius 2 is 1.26 bits per heavy atom. The lowest BCUT2D eigenvalue weighted by Crippen LogP contribution is -2.22. The molecule has 0 saturated carbocycles. The SMILES string of the molecule is CCCCOC(=O)C[C@H]1CS(=O)(=O)C[C@@H]1CC(=O)OCCCC. The van der Waals surface area contributed by atoms with Gasteiger partial charge in [0.2, 0.25) is 0 Å². The van der Waals surface area contributed by atoms with E-state index in [9.17, 15) is 18.0 Å². The van der Waals surface area contributed by atoms with E-state index in [1.165, 1.54) is 0 Å². The molecule has 1 aliphatic heterocycles. The average molecular weight is 348 g/mol. The summed E-state index contributed by atoms with van der Waals surface area (Å²) in [4.78, 5) is 23.6. The predicted octanol–water partition coefficient (Wildman–Crippen LogP) is 2.11. The topological polar surface area (TPSA) is 86.7 Å². The average Bonchev–Trinajstić information content (AvgIpc) is 2.73. The third-order valence-corrected chi connectivity index (χ3v) is 5.85. The molecule has 1 fully saturated rings. The standard InChI is InChI=1S/C16H28O6S/c1-3-5-7-21-15(17)9-13-11-23(19,20)12-14(13)10-16(18)22-8-6-4-2/h13-14H,3-12H2,1-2H3/t13-,14-/m0/s1. The molecule has 0 aliphatic carbocycles. The minimum Gasteiger partial charge on any atom is -0.466 e. The fourth-order valence-electron chi connectivity index (χ4n) is 2.65. The Bertz CT molecular complexity index is 447. The highest BCUT2D eigenvalue weighted by Gasteiger charge is 2.40.